The van der Waals surface area contributed by atoms with Gasteiger partial charge in [0.05, 0.1) is 11.9 Å². The Hall–Kier alpha value is -3.93. The number of amides is 2. The molecule has 0 fully saturated rings. The molecule has 1 aromatic carbocycles. The van der Waals surface area contributed by atoms with E-state index in [-0.39, 0.29) is 28.7 Å². The molecule has 2 N–H and O–H groups in total. The van der Waals surface area contributed by atoms with E-state index in [0.717, 1.165) is 11.3 Å². The maximum atomic E-state index is 14.4. The molecule has 10 nitrogen and oxygen atoms in total. The highest BCUT2D eigenvalue weighted by atomic mass is 32.1. The number of carbonyl (C=O) groups excluding carboxylic acids is 2. The summed E-state index contributed by atoms with van der Waals surface area (Å²) in [7, 11) is 1.67. The third kappa shape index (κ3) is 4.19. The summed E-state index contributed by atoms with van der Waals surface area (Å²) in [5.74, 6) is -1.34. The molecule has 4 aromatic rings. The number of fused-ring (bicyclic) bond motifs is 1. The minimum Gasteiger partial charge on any atom is -0.326 e. The van der Waals surface area contributed by atoms with Crippen LogP contribution in [0.3, 0.4) is 0 Å². The van der Waals surface area contributed by atoms with Crippen LogP contribution in [0.25, 0.3) is 22.3 Å². The molecule has 0 saturated heterocycles. The second-order valence-electron chi connectivity index (χ2n) is 6.64. The van der Waals surface area contributed by atoms with Crippen molar-refractivity contribution in [2.75, 3.05) is 10.6 Å². The Morgan fingerprint density at radius 3 is 2.81 bits per heavy atom. The van der Waals surface area contributed by atoms with E-state index >= 15 is 0 Å². The van der Waals surface area contributed by atoms with Crippen molar-refractivity contribution >= 4 is 45.0 Å². The SMILES string of the molecule is CC(=O)Nc1ccc(-c2csc(NC(=O)Cn3cnc4c(cnn4C)c3=O)n2)c(F)c1. The third-order valence-corrected chi connectivity index (χ3v) is 5.11. The summed E-state index contributed by atoms with van der Waals surface area (Å²) in [6.07, 6.45) is 2.68. The number of hydrogen-bond donors (Lipinski definition) is 2. The van der Waals surface area contributed by atoms with E-state index in [2.05, 4.69) is 25.7 Å². The largest absolute Gasteiger partial charge is 0.326 e. The lowest BCUT2D eigenvalue weighted by atomic mass is 10.1. The first kappa shape index (κ1) is 20.3. The summed E-state index contributed by atoms with van der Waals surface area (Å²) in [6, 6.07) is 4.25. The lowest BCUT2D eigenvalue weighted by Crippen LogP contribution is -2.27. The van der Waals surface area contributed by atoms with E-state index < -0.39 is 11.7 Å². The Morgan fingerprint density at radius 2 is 2.06 bits per heavy atom. The van der Waals surface area contributed by atoms with Crippen molar-refractivity contribution in [2.45, 2.75) is 13.5 Å². The molecular formula is C19H16FN7O3S. The van der Waals surface area contributed by atoms with E-state index in [1.807, 2.05) is 0 Å². The summed E-state index contributed by atoms with van der Waals surface area (Å²) < 4.78 is 17.0. The van der Waals surface area contributed by atoms with Gasteiger partial charge in [0.25, 0.3) is 5.56 Å². The van der Waals surface area contributed by atoms with Crippen LogP contribution in [0.5, 0.6) is 0 Å². The van der Waals surface area contributed by atoms with Crippen molar-refractivity contribution in [1.29, 1.82) is 0 Å². The quantitative estimate of drug-likeness (QED) is 0.488. The third-order valence-electron chi connectivity index (χ3n) is 4.35. The number of aromatic nitrogens is 5. The minimum absolute atomic E-state index is 0.230. The molecule has 0 atom stereocenters. The molecule has 0 radical (unpaired) electrons. The molecule has 31 heavy (non-hydrogen) atoms. The van der Waals surface area contributed by atoms with Gasteiger partial charge in [-0.1, -0.05) is 0 Å². The van der Waals surface area contributed by atoms with Gasteiger partial charge in [-0.05, 0) is 18.2 Å². The average molecular weight is 441 g/mol. The first-order chi connectivity index (χ1) is 14.8. The van der Waals surface area contributed by atoms with Crippen molar-refractivity contribution in [3.05, 3.63) is 52.3 Å². The zero-order valence-corrected chi connectivity index (χ0v) is 17.2. The van der Waals surface area contributed by atoms with Crippen LogP contribution < -0.4 is 16.2 Å². The first-order valence-electron chi connectivity index (χ1n) is 9.02. The van der Waals surface area contributed by atoms with Crippen LogP contribution in [0.1, 0.15) is 6.92 Å². The van der Waals surface area contributed by atoms with Crippen LogP contribution in [0.4, 0.5) is 15.2 Å². The van der Waals surface area contributed by atoms with E-state index in [1.165, 1.54) is 40.8 Å². The zero-order valence-electron chi connectivity index (χ0n) is 16.4. The second kappa shape index (κ2) is 8.07. The Morgan fingerprint density at radius 1 is 1.26 bits per heavy atom. The predicted molar refractivity (Wildman–Crippen MR) is 113 cm³/mol. The molecule has 0 bridgehead atoms. The summed E-state index contributed by atoms with van der Waals surface area (Å²) in [5.41, 5.74) is 0.949. The molecule has 0 aliphatic heterocycles. The second-order valence-corrected chi connectivity index (χ2v) is 7.50. The van der Waals surface area contributed by atoms with Crippen LogP contribution in [0, 0.1) is 5.82 Å². The van der Waals surface area contributed by atoms with Crippen LogP contribution in [-0.2, 0) is 23.2 Å². The molecule has 0 spiro atoms. The summed E-state index contributed by atoms with van der Waals surface area (Å²) in [6.45, 7) is 1.07. The number of thiazole rings is 1. The highest BCUT2D eigenvalue weighted by Crippen LogP contribution is 2.28. The Labute approximate surface area is 178 Å². The highest BCUT2D eigenvalue weighted by molar-refractivity contribution is 7.14. The summed E-state index contributed by atoms with van der Waals surface area (Å²) >= 11 is 1.12. The van der Waals surface area contributed by atoms with Gasteiger partial charge in [-0.25, -0.2) is 14.4 Å². The fourth-order valence-corrected chi connectivity index (χ4v) is 3.68. The van der Waals surface area contributed by atoms with Crippen molar-refractivity contribution in [3.63, 3.8) is 0 Å². The van der Waals surface area contributed by atoms with Gasteiger partial charge in [0.15, 0.2) is 10.8 Å². The van der Waals surface area contributed by atoms with E-state index in [0.29, 0.717) is 22.4 Å². The predicted octanol–water partition coefficient (Wildman–Crippen LogP) is 1.99. The Balaban J connectivity index is 1.48. The maximum Gasteiger partial charge on any atom is 0.264 e. The van der Waals surface area contributed by atoms with Crippen LogP contribution in [0.15, 0.2) is 40.9 Å². The van der Waals surface area contributed by atoms with Crippen molar-refractivity contribution in [1.82, 2.24) is 24.3 Å². The van der Waals surface area contributed by atoms with E-state index in [1.54, 1.807) is 18.5 Å². The molecule has 0 aliphatic rings. The number of nitrogens with one attached hydrogen (secondary N) is 2. The standard InChI is InChI=1S/C19H16FN7O3S/c1-10(28)23-11-3-4-12(14(20)5-11)15-8-31-19(24-15)25-16(29)7-27-9-21-17-13(18(27)30)6-22-26(17)2/h3-6,8-9H,7H2,1-2H3,(H,23,28)(H,24,25,29). The number of benzene rings is 1. The number of anilines is 2. The van der Waals surface area contributed by atoms with Gasteiger partial charge in [0, 0.05) is 30.6 Å². The van der Waals surface area contributed by atoms with Crippen LogP contribution in [0.2, 0.25) is 0 Å². The van der Waals surface area contributed by atoms with Crippen LogP contribution >= 0.6 is 11.3 Å². The molecule has 0 saturated carbocycles. The number of nitrogens with zero attached hydrogens (tertiary/aromatic N) is 5. The fraction of sp³-hybridized carbons (Fsp3) is 0.158. The van der Waals surface area contributed by atoms with E-state index in [9.17, 15) is 18.8 Å². The van der Waals surface area contributed by atoms with Gasteiger partial charge in [-0.2, -0.15) is 5.10 Å². The Bertz CT molecular complexity index is 1370. The minimum atomic E-state index is -0.558. The summed E-state index contributed by atoms with van der Waals surface area (Å²) in [4.78, 5) is 44.3. The molecule has 4 rings (SSSR count). The molecule has 3 heterocycles. The highest BCUT2D eigenvalue weighted by Gasteiger charge is 2.14. The fourth-order valence-electron chi connectivity index (χ4n) is 2.95. The van der Waals surface area contributed by atoms with Gasteiger partial charge in [0.2, 0.25) is 11.8 Å². The maximum absolute atomic E-state index is 14.4. The van der Waals surface area contributed by atoms with Crippen molar-refractivity contribution < 1.29 is 14.0 Å². The molecule has 3 aromatic heterocycles. The summed E-state index contributed by atoms with van der Waals surface area (Å²) in [5, 5.41) is 11.3. The molecule has 158 valence electrons. The molecular weight excluding hydrogens is 425 g/mol. The molecule has 2 amide bonds. The van der Waals surface area contributed by atoms with Crippen molar-refractivity contribution in [3.8, 4) is 11.3 Å². The van der Waals surface area contributed by atoms with Gasteiger partial charge < -0.3 is 10.6 Å². The van der Waals surface area contributed by atoms with Crippen molar-refractivity contribution in [2.24, 2.45) is 7.05 Å². The topological polar surface area (TPSA) is 124 Å². The lowest BCUT2D eigenvalue weighted by Gasteiger charge is -2.06. The number of rotatable bonds is 5. The number of halogens is 1. The normalized spacial score (nSPS) is 10.9. The number of hydrogen-bond acceptors (Lipinski definition) is 7. The van der Waals surface area contributed by atoms with Gasteiger partial charge in [-0.15, -0.1) is 11.3 Å². The van der Waals surface area contributed by atoms with Gasteiger partial charge in [-0.3, -0.25) is 23.6 Å². The van der Waals surface area contributed by atoms with Gasteiger partial charge >= 0.3 is 0 Å². The monoisotopic (exact) mass is 441 g/mol. The first-order valence-corrected chi connectivity index (χ1v) is 9.90. The molecule has 0 unspecified atom stereocenters. The van der Waals surface area contributed by atoms with E-state index in [4.69, 9.17) is 0 Å². The lowest BCUT2D eigenvalue weighted by molar-refractivity contribution is -0.117. The zero-order chi connectivity index (χ0) is 22.1. The molecule has 12 heteroatoms. The molecule has 0 aliphatic carbocycles. The average Bonchev–Trinajstić information content (AvgIpc) is 3.31. The number of carbonyl (C=O) groups is 2. The van der Waals surface area contributed by atoms with Gasteiger partial charge in [0.1, 0.15) is 24.1 Å². The van der Waals surface area contributed by atoms with Crippen LogP contribution in [-0.4, -0.2) is 36.1 Å². The smallest absolute Gasteiger partial charge is 0.264 e. The Kier molecular flexibility index (Phi) is 5.29. The number of aryl methyl sites for hydroxylation is 1.